The number of benzene rings is 1. The number of nitrogens with zero attached hydrogens (tertiary/aromatic N) is 4. The standard InChI is InChI=1S/C18H23N5O2/c1-12-9-17(19-11-16(22(2)3)13-7-8-13)21-18(20-12)14-5-4-6-15(10-14)23(24)25/h4-6,9-10,13,16H,7-8,11H2,1-3H3,(H,19,20,21). The van der Waals surface area contributed by atoms with Gasteiger partial charge in [0.15, 0.2) is 5.82 Å². The zero-order valence-electron chi connectivity index (χ0n) is 14.8. The van der Waals surface area contributed by atoms with Gasteiger partial charge >= 0.3 is 0 Å². The number of nitro benzene ring substituents is 1. The van der Waals surface area contributed by atoms with Gasteiger partial charge in [0.2, 0.25) is 0 Å². The Morgan fingerprint density at radius 1 is 1.32 bits per heavy atom. The molecular weight excluding hydrogens is 318 g/mol. The Morgan fingerprint density at radius 3 is 2.72 bits per heavy atom. The maximum atomic E-state index is 11.0. The first-order chi connectivity index (χ1) is 11.9. The zero-order chi connectivity index (χ0) is 18.0. The van der Waals surface area contributed by atoms with Crippen molar-refractivity contribution in [3.05, 3.63) is 46.1 Å². The third-order valence-corrected chi connectivity index (χ3v) is 4.49. The predicted octanol–water partition coefficient (Wildman–Crippen LogP) is 3.11. The quantitative estimate of drug-likeness (QED) is 0.615. The van der Waals surface area contributed by atoms with Gasteiger partial charge in [-0.15, -0.1) is 0 Å². The minimum atomic E-state index is -0.407. The molecule has 1 aromatic heterocycles. The molecule has 7 heteroatoms. The van der Waals surface area contributed by atoms with E-state index >= 15 is 0 Å². The van der Waals surface area contributed by atoms with Crippen molar-refractivity contribution in [1.82, 2.24) is 14.9 Å². The van der Waals surface area contributed by atoms with Gasteiger partial charge in [-0.3, -0.25) is 10.1 Å². The molecule has 0 saturated heterocycles. The maximum absolute atomic E-state index is 11.0. The molecule has 132 valence electrons. The van der Waals surface area contributed by atoms with Crippen LogP contribution in [0.1, 0.15) is 18.5 Å². The van der Waals surface area contributed by atoms with Gasteiger partial charge in [0.05, 0.1) is 4.92 Å². The fourth-order valence-corrected chi connectivity index (χ4v) is 3.01. The number of aromatic nitrogens is 2. The topological polar surface area (TPSA) is 84.2 Å². The molecule has 2 aromatic rings. The summed E-state index contributed by atoms with van der Waals surface area (Å²) in [4.78, 5) is 21.8. The molecule has 0 bridgehead atoms. The van der Waals surface area contributed by atoms with Gasteiger partial charge in [-0.1, -0.05) is 12.1 Å². The van der Waals surface area contributed by atoms with Gasteiger partial charge in [0.1, 0.15) is 5.82 Å². The van der Waals surface area contributed by atoms with Gasteiger partial charge in [0, 0.05) is 42.0 Å². The van der Waals surface area contributed by atoms with Crippen LogP contribution in [0.2, 0.25) is 0 Å². The Hall–Kier alpha value is -2.54. The van der Waals surface area contributed by atoms with Crippen LogP contribution in [0.4, 0.5) is 11.5 Å². The lowest BCUT2D eigenvalue weighted by Gasteiger charge is -2.24. The van der Waals surface area contributed by atoms with Gasteiger partial charge in [-0.25, -0.2) is 9.97 Å². The van der Waals surface area contributed by atoms with Crippen molar-refractivity contribution in [2.45, 2.75) is 25.8 Å². The van der Waals surface area contributed by atoms with E-state index in [0.717, 1.165) is 24.0 Å². The largest absolute Gasteiger partial charge is 0.368 e. The number of rotatable bonds is 7. The molecule has 1 unspecified atom stereocenters. The van der Waals surface area contributed by atoms with Crippen LogP contribution in [0.3, 0.4) is 0 Å². The molecule has 3 rings (SSSR count). The van der Waals surface area contributed by atoms with E-state index in [-0.39, 0.29) is 5.69 Å². The summed E-state index contributed by atoms with van der Waals surface area (Å²) < 4.78 is 0. The predicted molar refractivity (Wildman–Crippen MR) is 97.5 cm³/mol. The van der Waals surface area contributed by atoms with Gasteiger partial charge < -0.3 is 10.2 Å². The third-order valence-electron chi connectivity index (χ3n) is 4.49. The number of likely N-dealkylation sites (N-methyl/N-ethyl adjacent to an activating group) is 1. The molecule has 1 heterocycles. The first-order valence-corrected chi connectivity index (χ1v) is 8.45. The fourth-order valence-electron chi connectivity index (χ4n) is 3.01. The lowest BCUT2D eigenvalue weighted by Crippen LogP contribution is -2.36. The molecule has 1 atom stereocenters. The Kier molecular flexibility index (Phi) is 4.94. The van der Waals surface area contributed by atoms with E-state index in [1.54, 1.807) is 12.1 Å². The van der Waals surface area contributed by atoms with Gasteiger partial charge in [-0.05, 0) is 39.8 Å². The highest BCUT2D eigenvalue weighted by atomic mass is 16.6. The van der Waals surface area contributed by atoms with Crippen LogP contribution in [0.15, 0.2) is 30.3 Å². The molecule has 25 heavy (non-hydrogen) atoms. The average molecular weight is 341 g/mol. The molecule has 0 aliphatic heterocycles. The Bertz CT molecular complexity index is 772. The van der Waals surface area contributed by atoms with Crippen molar-refractivity contribution < 1.29 is 4.92 Å². The number of nitro groups is 1. The van der Waals surface area contributed by atoms with Crippen molar-refractivity contribution in [2.75, 3.05) is 26.0 Å². The van der Waals surface area contributed by atoms with Crippen molar-refractivity contribution >= 4 is 11.5 Å². The Balaban J connectivity index is 1.80. The van der Waals surface area contributed by atoms with Crippen LogP contribution < -0.4 is 5.32 Å². The summed E-state index contributed by atoms with van der Waals surface area (Å²) in [7, 11) is 4.20. The van der Waals surface area contributed by atoms with E-state index in [9.17, 15) is 10.1 Å². The highest BCUT2D eigenvalue weighted by Gasteiger charge is 2.32. The molecule has 7 nitrogen and oxygen atoms in total. The normalized spacial score (nSPS) is 15.2. The molecule has 1 aliphatic rings. The van der Waals surface area contributed by atoms with Gasteiger partial charge in [-0.2, -0.15) is 0 Å². The first-order valence-electron chi connectivity index (χ1n) is 8.45. The summed E-state index contributed by atoms with van der Waals surface area (Å²) in [5, 5.41) is 14.4. The summed E-state index contributed by atoms with van der Waals surface area (Å²) in [6.07, 6.45) is 2.57. The molecule has 1 aliphatic carbocycles. The van der Waals surface area contributed by atoms with Crippen molar-refractivity contribution in [2.24, 2.45) is 5.92 Å². The van der Waals surface area contributed by atoms with Crippen LogP contribution in [-0.2, 0) is 0 Å². The summed E-state index contributed by atoms with van der Waals surface area (Å²) in [6.45, 7) is 2.72. The maximum Gasteiger partial charge on any atom is 0.270 e. The van der Waals surface area contributed by atoms with E-state index in [4.69, 9.17) is 0 Å². The molecule has 0 radical (unpaired) electrons. The smallest absolute Gasteiger partial charge is 0.270 e. The summed E-state index contributed by atoms with van der Waals surface area (Å²) >= 11 is 0. The van der Waals surface area contributed by atoms with Crippen LogP contribution in [0, 0.1) is 23.0 Å². The number of nitrogens with one attached hydrogen (secondary N) is 1. The molecule has 1 fully saturated rings. The summed E-state index contributed by atoms with van der Waals surface area (Å²) in [6, 6.07) is 8.80. The number of hydrogen-bond donors (Lipinski definition) is 1. The zero-order valence-corrected chi connectivity index (χ0v) is 14.8. The molecular formula is C18H23N5O2. The second kappa shape index (κ2) is 7.14. The summed E-state index contributed by atoms with van der Waals surface area (Å²) in [5.74, 6) is 2.00. The Labute approximate surface area is 147 Å². The van der Waals surface area contributed by atoms with Crippen molar-refractivity contribution in [3.8, 4) is 11.4 Å². The van der Waals surface area contributed by atoms with E-state index in [2.05, 4.69) is 34.3 Å². The number of aryl methyl sites for hydroxylation is 1. The van der Waals surface area contributed by atoms with Crippen LogP contribution >= 0.6 is 0 Å². The van der Waals surface area contributed by atoms with E-state index in [1.165, 1.54) is 25.0 Å². The fraction of sp³-hybridized carbons (Fsp3) is 0.444. The first kappa shape index (κ1) is 17.3. The minimum Gasteiger partial charge on any atom is -0.368 e. The van der Waals surface area contributed by atoms with Crippen molar-refractivity contribution in [1.29, 1.82) is 0 Å². The highest BCUT2D eigenvalue weighted by molar-refractivity contribution is 5.61. The number of hydrogen-bond acceptors (Lipinski definition) is 6. The second-order valence-corrected chi connectivity index (χ2v) is 6.77. The average Bonchev–Trinajstić information content (AvgIpc) is 3.39. The van der Waals surface area contributed by atoms with E-state index < -0.39 is 4.92 Å². The summed E-state index contributed by atoms with van der Waals surface area (Å²) in [5.41, 5.74) is 1.51. The highest BCUT2D eigenvalue weighted by Crippen LogP contribution is 2.34. The van der Waals surface area contributed by atoms with Gasteiger partial charge in [0.25, 0.3) is 5.69 Å². The van der Waals surface area contributed by atoms with Crippen LogP contribution in [0.25, 0.3) is 11.4 Å². The minimum absolute atomic E-state index is 0.0403. The molecule has 1 aromatic carbocycles. The van der Waals surface area contributed by atoms with Crippen LogP contribution in [0.5, 0.6) is 0 Å². The lowest BCUT2D eigenvalue weighted by molar-refractivity contribution is -0.384. The molecule has 0 spiro atoms. The third kappa shape index (κ3) is 4.30. The molecule has 1 saturated carbocycles. The van der Waals surface area contributed by atoms with E-state index in [0.29, 0.717) is 17.4 Å². The molecule has 1 N–H and O–H groups in total. The number of non-ortho nitro benzene ring substituents is 1. The number of anilines is 1. The van der Waals surface area contributed by atoms with Crippen molar-refractivity contribution in [3.63, 3.8) is 0 Å². The second-order valence-electron chi connectivity index (χ2n) is 6.77. The van der Waals surface area contributed by atoms with E-state index in [1.807, 2.05) is 13.0 Å². The lowest BCUT2D eigenvalue weighted by atomic mass is 10.1. The van der Waals surface area contributed by atoms with Crippen LogP contribution in [-0.4, -0.2) is 46.5 Å². The SMILES string of the molecule is Cc1cc(NCC(C2CC2)N(C)C)nc(-c2cccc([N+](=O)[O-])c2)n1. The Morgan fingerprint density at radius 2 is 2.08 bits per heavy atom. The monoisotopic (exact) mass is 341 g/mol. The molecule has 0 amide bonds.